The lowest BCUT2D eigenvalue weighted by atomic mass is 10.6. The molecule has 0 aliphatic rings. The second-order valence-corrected chi connectivity index (χ2v) is 4.27. The Morgan fingerprint density at radius 1 is 1.41 bits per heavy atom. The summed E-state index contributed by atoms with van der Waals surface area (Å²) in [5.41, 5.74) is 5.37. The van der Waals surface area contributed by atoms with E-state index in [-0.39, 0.29) is 15.9 Å². The molecule has 0 unspecified atom stereocenters. The van der Waals surface area contributed by atoms with Crippen molar-refractivity contribution in [3.63, 3.8) is 0 Å². The summed E-state index contributed by atoms with van der Waals surface area (Å²) in [5.74, 6) is 0.171. The first-order valence-corrected chi connectivity index (χ1v) is 5.36. The first-order valence-electron chi connectivity index (χ1n) is 4.14. The minimum atomic E-state index is -4.51. The normalized spacial score (nSPS) is 11.7. The molecular formula is C7H4F3N5S2. The predicted molar refractivity (Wildman–Crippen MR) is 57.9 cm³/mol. The molecule has 2 aromatic heterocycles. The van der Waals surface area contributed by atoms with Crippen LogP contribution in [0.25, 0.3) is 5.13 Å². The topological polar surface area (TPSA) is 69.6 Å². The average Bonchev–Trinajstić information content (AvgIpc) is 2.85. The van der Waals surface area contributed by atoms with Crippen LogP contribution in [-0.4, -0.2) is 24.7 Å². The number of imidazole rings is 1. The molecule has 0 radical (unpaired) electrons. The Kier molecular flexibility index (Phi) is 2.83. The number of halogens is 3. The van der Waals surface area contributed by atoms with Crippen molar-refractivity contribution in [2.75, 3.05) is 0 Å². The van der Waals surface area contributed by atoms with Crippen LogP contribution in [0, 0.1) is 0 Å². The maximum absolute atomic E-state index is 12.3. The number of alkyl halides is 3. The summed E-state index contributed by atoms with van der Waals surface area (Å²) in [6, 6.07) is 0. The Morgan fingerprint density at radius 2 is 2.12 bits per heavy atom. The van der Waals surface area contributed by atoms with Gasteiger partial charge in [0.15, 0.2) is 5.82 Å². The van der Waals surface area contributed by atoms with Gasteiger partial charge >= 0.3 is 6.18 Å². The Bertz CT molecular complexity index is 558. The smallest absolute Gasteiger partial charge is 0.387 e. The number of nitrogens with two attached hydrogens (primary N) is 1. The van der Waals surface area contributed by atoms with Crippen molar-refractivity contribution in [2.45, 2.75) is 6.18 Å². The number of hydrogen-bond donors (Lipinski definition) is 1. The van der Waals surface area contributed by atoms with E-state index >= 15 is 0 Å². The summed E-state index contributed by atoms with van der Waals surface area (Å²) in [5, 5.41) is 5.46. The quantitative estimate of drug-likeness (QED) is 0.841. The van der Waals surface area contributed by atoms with E-state index in [0.717, 1.165) is 0 Å². The average molecular weight is 279 g/mol. The molecule has 17 heavy (non-hydrogen) atoms. The Hall–Kier alpha value is -1.55. The van der Waals surface area contributed by atoms with Gasteiger partial charge in [-0.1, -0.05) is 23.6 Å². The van der Waals surface area contributed by atoms with Crippen molar-refractivity contribution in [3.8, 4) is 5.13 Å². The molecule has 2 N–H and O–H groups in total. The molecule has 0 aromatic carbocycles. The highest BCUT2D eigenvalue weighted by Crippen LogP contribution is 2.32. The first-order chi connectivity index (χ1) is 7.89. The molecule has 10 heteroatoms. The molecule has 2 aromatic rings. The fourth-order valence-electron chi connectivity index (χ4n) is 1.07. The Morgan fingerprint density at radius 3 is 2.65 bits per heavy atom. The van der Waals surface area contributed by atoms with E-state index < -0.39 is 11.2 Å². The van der Waals surface area contributed by atoms with Crippen molar-refractivity contribution in [3.05, 3.63) is 23.2 Å². The molecule has 0 saturated heterocycles. The van der Waals surface area contributed by atoms with Crippen molar-refractivity contribution in [2.24, 2.45) is 5.73 Å². The van der Waals surface area contributed by atoms with Gasteiger partial charge in [-0.15, -0.1) is 10.2 Å². The predicted octanol–water partition coefficient (Wildman–Crippen LogP) is 1.38. The van der Waals surface area contributed by atoms with E-state index in [9.17, 15) is 13.2 Å². The van der Waals surface area contributed by atoms with Gasteiger partial charge in [0.1, 0.15) is 4.99 Å². The van der Waals surface area contributed by atoms with E-state index in [4.69, 9.17) is 18.0 Å². The number of hydrogen-bond acceptors (Lipinski definition) is 5. The molecule has 0 atom stereocenters. The van der Waals surface area contributed by atoms with Crippen LogP contribution in [0.1, 0.15) is 10.8 Å². The molecule has 90 valence electrons. The minimum Gasteiger partial charge on any atom is -0.387 e. The Labute approximate surface area is 102 Å². The molecular weight excluding hydrogens is 275 g/mol. The van der Waals surface area contributed by atoms with E-state index in [1.54, 1.807) is 0 Å². The largest absolute Gasteiger partial charge is 0.445 e. The lowest BCUT2D eigenvalue weighted by Gasteiger charge is -2.00. The standard InChI is InChI=1S/C7H4F3N5S2/c8-7(9,10)5-13-14-6(17-5)15-2-1-12-4(15)3(11)16/h1-2H,(H2,11,16). The molecule has 0 fully saturated rings. The molecule has 5 nitrogen and oxygen atoms in total. The van der Waals surface area contributed by atoms with Crippen molar-refractivity contribution in [1.82, 2.24) is 19.7 Å². The van der Waals surface area contributed by atoms with Crippen LogP contribution >= 0.6 is 23.6 Å². The van der Waals surface area contributed by atoms with Gasteiger partial charge in [-0.25, -0.2) is 4.98 Å². The van der Waals surface area contributed by atoms with Crippen LogP contribution in [0.5, 0.6) is 0 Å². The highest BCUT2D eigenvalue weighted by Gasteiger charge is 2.36. The molecule has 0 amide bonds. The monoisotopic (exact) mass is 279 g/mol. The van der Waals surface area contributed by atoms with Gasteiger partial charge in [0, 0.05) is 12.4 Å². The third-order valence-corrected chi connectivity index (χ3v) is 2.87. The highest BCUT2D eigenvalue weighted by atomic mass is 32.1. The van der Waals surface area contributed by atoms with Gasteiger partial charge in [-0.2, -0.15) is 13.2 Å². The molecule has 0 saturated carbocycles. The van der Waals surface area contributed by atoms with E-state index in [0.29, 0.717) is 11.3 Å². The summed E-state index contributed by atoms with van der Waals surface area (Å²) in [7, 11) is 0. The lowest BCUT2D eigenvalue weighted by Crippen LogP contribution is -2.15. The summed E-state index contributed by atoms with van der Waals surface area (Å²) >= 11 is 5.10. The maximum atomic E-state index is 12.3. The highest BCUT2D eigenvalue weighted by molar-refractivity contribution is 7.80. The number of aromatic nitrogens is 4. The summed E-state index contributed by atoms with van der Waals surface area (Å²) < 4.78 is 38.3. The zero-order chi connectivity index (χ0) is 12.6. The summed E-state index contributed by atoms with van der Waals surface area (Å²) in [6.45, 7) is 0. The van der Waals surface area contributed by atoms with Crippen LogP contribution in [0.15, 0.2) is 12.4 Å². The fourth-order valence-corrected chi connectivity index (χ4v) is 1.92. The SMILES string of the molecule is NC(=S)c1nccn1-c1nnc(C(F)(F)F)s1. The van der Waals surface area contributed by atoms with Gasteiger partial charge in [-0.3, -0.25) is 4.57 Å². The molecule has 0 aliphatic carbocycles. The second-order valence-electron chi connectivity index (χ2n) is 2.87. The van der Waals surface area contributed by atoms with Crippen LogP contribution in [0.4, 0.5) is 13.2 Å². The second kappa shape index (κ2) is 4.04. The molecule has 2 heterocycles. The molecule has 0 aliphatic heterocycles. The Balaban J connectivity index is 2.44. The maximum Gasteiger partial charge on any atom is 0.445 e. The third-order valence-electron chi connectivity index (χ3n) is 1.72. The van der Waals surface area contributed by atoms with Crippen molar-refractivity contribution < 1.29 is 13.2 Å². The van der Waals surface area contributed by atoms with Crippen molar-refractivity contribution >= 4 is 28.5 Å². The third kappa shape index (κ3) is 2.26. The lowest BCUT2D eigenvalue weighted by molar-refractivity contribution is -0.138. The molecule has 0 bridgehead atoms. The van der Waals surface area contributed by atoms with Gasteiger partial charge in [0.25, 0.3) is 0 Å². The minimum absolute atomic E-state index is 0.0117. The van der Waals surface area contributed by atoms with Crippen LogP contribution in [0.2, 0.25) is 0 Å². The number of thiocarbonyl (C=S) groups is 1. The summed E-state index contributed by atoms with van der Waals surface area (Å²) in [4.78, 5) is 3.79. The van der Waals surface area contributed by atoms with Crippen molar-refractivity contribution in [1.29, 1.82) is 0 Å². The van der Waals surface area contributed by atoms with E-state index in [1.165, 1.54) is 17.0 Å². The fraction of sp³-hybridized carbons (Fsp3) is 0.143. The zero-order valence-corrected chi connectivity index (χ0v) is 9.60. The summed E-state index contributed by atoms with van der Waals surface area (Å²) in [6.07, 6.45) is -1.74. The van der Waals surface area contributed by atoms with Crippen LogP contribution in [-0.2, 0) is 6.18 Å². The van der Waals surface area contributed by atoms with Crippen LogP contribution in [0.3, 0.4) is 0 Å². The molecule has 0 spiro atoms. The van der Waals surface area contributed by atoms with Gasteiger partial charge in [0.2, 0.25) is 10.1 Å². The van der Waals surface area contributed by atoms with Gasteiger partial charge < -0.3 is 5.73 Å². The zero-order valence-electron chi connectivity index (χ0n) is 7.97. The van der Waals surface area contributed by atoms with Crippen LogP contribution < -0.4 is 5.73 Å². The number of rotatable bonds is 2. The van der Waals surface area contributed by atoms with E-state index in [1.807, 2.05) is 0 Å². The number of nitrogens with zero attached hydrogens (tertiary/aromatic N) is 4. The molecule has 2 rings (SSSR count). The van der Waals surface area contributed by atoms with Gasteiger partial charge in [0.05, 0.1) is 0 Å². The van der Waals surface area contributed by atoms with Gasteiger partial charge in [-0.05, 0) is 0 Å². The first kappa shape index (κ1) is 11.9. The van der Waals surface area contributed by atoms with E-state index in [2.05, 4.69) is 15.2 Å².